The molecule has 2 aromatic carbocycles. The van der Waals surface area contributed by atoms with Crippen LogP contribution < -0.4 is 14.8 Å². The van der Waals surface area contributed by atoms with Crippen molar-refractivity contribution in [2.75, 3.05) is 19.5 Å². The summed E-state index contributed by atoms with van der Waals surface area (Å²) in [7, 11) is 3.27. The summed E-state index contributed by atoms with van der Waals surface area (Å²) in [6.45, 7) is 1.95. The molecule has 4 nitrogen and oxygen atoms in total. The topological polar surface area (TPSA) is 47.6 Å². The minimum atomic E-state index is 0.00378. The van der Waals surface area contributed by atoms with Gasteiger partial charge in [-0.1, -0.05) is 12.1 Å². The van der Waals surface area contributed by atoms with E-state index in [1.807, 2.05) is 49.4 Å². The monoisotopic (exact) mass is 299 g/mol. The van der Waals surface area contributed by atoms with Gasteiger partial charge in [-0.15, -0.1) is 0 Å². The van der Waals surface area contributed by atoms with E-state index in [9.17, 15) is 4.79 Å². The molecule has 0 atom stereocenters. The first kappa shape index (κ1) is 15.9. The molecule has 0 saturated carbocycles. The lowest BCUT2D eigenvalue weighted by molar-refractivity contribution is -0.116. The maximum absolute atomic E-state index is 12.0. The Kier molecular flexibility index (Phi) is 5.42. The van der Waals surface area contributed by atoms with Gasteiger partial charge in [-0.3, -0.25) is 4.79 Å². The molecule has 0 bridgehead atoms. The van der Waals surface area contributed by atoms with Crippen molar-refractivity contribution in [3.63, 3.8) is 0 Å². The van der Waals surface area contributed by atoms with Gasteiger partial charge >= 0.3 is 0 Å². The number of aryl methyl sites for hydroxylation is 2. The van der Waals surface area contributed by atoms with Crippen molar-refractivity contribution in [1.29, 1.82) is 0 Å². The van der Waals surface area contributed by atoms with E-state index in [2.05, 4.69) is 5.32 Å². The van der Waals surface area contributed by atoms with Crippen LogP contribution in [0.1, 0.15) is 17.5 Å². The molecule has 2 rings (SSSR count). The number of rotatable bonds is 6. The second kappa shape index (κ2) is 7.50. The molecule has 1 N–H and O–H groups in total. The largest absolute Gasteiger partial charge is 0.497 e. The van der Waals surface area contributed by atoms with Gasteiger partial charge in [0.05, 0.1) is 14.2 Å². The molecule has 0 aromatic heterocycles. The van der Waals surface area contributed by atoms with Crippen LogP contribution in [0.4, 0.5) is 5.69 Å². The van der Waals surface area contributed by atoms with E-state index >= 15 is 0 Å². The minimum absolute atomic E-state index is 0.00378. The maximum Gasteiger partial charge on any atom is 0.224 e. The zero-order chi connectivity index (χ0) is 15.9. The molecule has 4 heteroatoms. The van der Waals surface area contributed by atoms with Crippen molar-refractivity contribution < 1.29 is 14.3 Å². The third-order valence-electron chi connectivity index (χ3n) is 3.51. The van der Waals surface area contributed by atoms with Gasteiger partial charge < -0.3 is 14.8 Å². The number of nitrogens with one attached hydrogen (secondary N) is 1. The van der Waals surface area contributed by atoms with Gasteiger partial charge in [0.2, 0.25) is 5.91 Å². The van der Waals surface area contributed by atoms with Crippen molar-refractivity contribution in [1.82, 2.24) is 0 Å². The summed E-state index contributed by atoms with van der Waals surface area (Å²) in [6.07, 6.45) is 1.14. The zero-order valence-corrected chi connectivity index (χ0v) is 13.2. The normalized spacial score (nSPS) is 10.1. The quantitative estimate of drug-likeness (QED) is 0.887. The average molecular weight is 299 g/mol. The Labute approximate surface area is 131 Å². The summed E-state index contributed by atoms with van der Waals surface area (Å²) in [4.78, 5) is 12.0. The summed E-state index contributed by atoms with van der Waals surface area (Å²) in [5.41, 5.74) is 2.92. The number of anilines is 1. The summed E-state index contributed by atoms with van der Waals surface area (Å²) in [5.74, 6) is 1.61. The Morgan fingerprint density at radius 3 is 2.23 bits per heavy atom. The van der Waals surface area contributed by atoms with Crippen LogP contribution in [-0.4, -0.2) is 20.1 Å². The number of hydrogen-bond acceptors (Lipinski definition) is 3. The highest BCUT2D eigenvalue weighted by molar-refractivity contribution is 5.91. The van der Waals surface area contributed by atoms with Crippen LogP contribution in [0.25, 0.3) is 0 Å². The minimum Gasteiger partial charge on any atom is -0.497 e. The number of carbonyl (C=O) groups is 1. The Morgan fingerprint density at radius 1 is 1.00 bits per heavy atom. The molecule has 1 amide bonds. The molecule has 0 unspecified atom stereocenters. The molecule has 0 heterocycles. The summed E-state index contributed by atoms with van der Waals surface area (Å²) < 4.78 is 10.3. The molecule has 2 aromatic rings. The van der Waals surface area contributed by atoms with Crippen LogP contribution in [0, 0.1) is 6.92 Å². The Hall–Kier alpha value is -2.49. The van der Waals surface area contributed by atoms with Gasteiger partial charge in [-0.05, 0) is 54.8 Å². The highest BCUT2D eigenvalue weighted by Crippen LogP contribution is 2.21. The van der Waals surface area contributed by atoms with E-state index < -0.39 is 0 Å². The van der Waals surface area contributed by atoms with Crippen LogP contribution in [0.5, 0.6) is 11.5 Å². The molecule has 0 aliphatic rings. The predicted molar refractivity (Wildman–Crippen MR) is 87.7 cm³/mol. The second-order valence-corrected chi connectivity index (χ2v) is 5.08. The van der Waals surface area contributed by atoms with E-state index in [4.69, 9.17) is 9.47 Å². The van der Waals surface area contributed by atoms with E-state index in [0.717, 1.165) is 28.3 Å². The molecule has 0 fully saturated rings. The number of amides is 1. The Balaban J connectivity index is 1.89. The van der Waals surface area contributed by atoms with Crippen LogP contribution >= 0.6 is 0 Å². The van der Waals surface area contributed by atoms with E-state index in [0.29, 0.717) is 12.8 Å². The highest BCUT2D eigenvalue weighted by Gasteiger charge is 2.06. The van der Waals surface area contributed by atoms with Crippen molar-refractivity contribution in [2.45, 2.75) is 19.8 Å². The summed E-state index contributed by atoms with van der Waals surface area (Å²) in [6, 6.07) is 13.4. The fraction of sp³-hybridized carbons (Fsp3) is 0.278. The van der Waals surface area contributed by atoms with Crippen LogP contribution in [0.2, 0.25) is 0 Å². The molecule has 0 aliphatic heterocycles. The van der Waals surface area contributed by atoms with Crippen molar-refractivity contribution in [3.8, 4) is 11.5 Å². The standard InChI is InChI=1S/C18H21NO3/c1-13-12-16(22-3)9-10-17(13)19-18(20)11-6-14-4-7-15(21-2)8-5-14/h4-5,7-10,12H,6,11H2,1-3H3,(H,19,20). The third kappa shape index (κ3) is 4.25. The van der Waals surface area contributed by atoms with Gasteiger partial charge in [0.1, 0.15) is 11.5 Å². The van der Waals surface area contributed by atoms with Crippen molar-refractivity contribution >= 4 is 11.6 Å². The fourth-order valence-corrected chi connectivity index (χ4v) is 2.17. The molecular formula is C18H21NO3. The zero-order valence-electron chi connectivity index (χ0n) is 13.2. The first-order valence-electron chi connectivity index (χ1n) is 7.20. The fourth-order valence-electron chi connectivity index (χ4n) is 2.17. The first-order valence-corrected chi connectivity index (χ1v) is 7.20. The lowest BCUT2D eigenvalue weighted by Crippen LogP contribution is -2.13. The highest BCUT2D eigenvalue weighted by atomic mass is 16.5. The molecule has 0 aliphatic carbocycles. The molecular weight excluding hydrogens is 278 g/mol. The summed E-state index contributed by atoms with van der Waals surface area (Å²) in [5, 5.41) is 2.94. The number of methoxy groups -OCH3 is 2. The molecule has 0 radical (unpaired) electrons. The first-order chi connectivity index (χ1) is 10.6. The van der Waals surface area contributed by atoms with E-state index in [-0.39, 0.29) is 5.91 Å². The lowest BCUT2D eigenvalue weighted by Gasteiger charge is -2.10. The van der Waals surface area contributed by atoms with Gasteiger partial charge in [0, 0.05) is 12.1 Å². The molecule has 0 spiro atoms. The number of carbonyl (C=O) groups excluding carboxylic acids is 1. The SMILES string of the molecule is COc1ccc(CCC(=O)Nc2ccc(OC)cc2C)cc1. The van der Waals surface area contributed by atoms with E-state index in [1.54, 1.807) is 14.2 Å². The Morgan fingerprint density at radius 2 is 1.64 bits per heavy atom. The van der Waals surface area contributed by atoms with Crippen molar-refractivity contribution in [2.24, 2.45) is 0 Å². The number of ether oxygens (including phenoxy) is 2. The average Bonchev–Trinajstić information content (AvgIpc) is 2.55. The molecule has 116 valence electrons. The van der Waals surface area contributed by atoms with Gasteiger partial charge in [-0.25, -0.2) is 0 Å². The molecule has 22 heavy (non-hydrogen) atoms. The Bertz CT molecular complexity index is 635. The lowest BCUT2D eigenvalue weighted by atomic mass is 10.1. The van der Waals surface area contributed by atoms with Gasteiger partial charge in [0.25, 0.3) is 0 Å². The smallest absolute Gasteiger partial charge is 0.224 e. The van der Waals surface area contributed by atoms with Crippen LogP contribution in [-0.2, 0) is 11.2 Å². The third-order valence-corrected chi connectivity index (χ3v) is 3.51. The second-order valence-electron chi connectivity index (χ2n) is 5.08. The summed E-state index contributed by atoms with van der Waals surface area (Å²) >= 11 is 0. The predicted octanol–water partition coefficient (Wildman–Crippen LogP) is 3.58. The van der Waals surface area contributed by atoms with Gasteiger partial charge in [-0.2, -0.15) is 0 Å². The van der Waals surface area contributed by atoms with Crippen LogP contribution in [0.15, 0.2) is 42.5 Å². The van der Waals surface area contributed by atoms with Crippen LogP contribution in [0.3, 0.4) is 0 Å². The molecule has 0 saturated heterocycles. The van der Waals surface area contributed by atoms with E-state index in [1.165, 1.54) is 0 Å². The maximum atomic E-state index is 12.0. The van der Waals surface area contributed by atoms with Crippen molar-refractivity contribution in [3.05, 3.63) is 53.6 Å². The number of benzene rings is 2. The van der Waals surface area contributed by atoms with Gasteiger partial charge in [0.15, 0.2) is 0 Å². The number of hydrogen-bond donors (Lipinski definition) is 1.